The van der Waals surface area contributed by atoms with Gasteiger partial charge in [0.15, 0.2) is 0 Å². The lowest BCUT2D eigenvalue weighted by atomic mass is 9.97. The molecule has 0 amide bonds. The largest absolute Gasteiger partial charge is 0.493 e. The predicted molar refractivity (Wildman–Crippen MR) is 49.9 cm³/mol. The predicted octanol–water partition coefficient (Wildman–Crippen LogP) is 2.54. The van der Waals surface area contributed by atoms with Crippen LogP contribution < -0.4 is 0 Å². The highest BCUT2D eigenvalue weighted by molar-refractivity contribution is 5.65. The van der Waals surface area contributed by atoms with Gasteiger partial charge in [0.1, 0.15) is 5.76 Å². The Hall–Kier alpha value is -1.24. The summed E-state index contributed by atoms with van der Waals surface area (Å²) in [6.07, 6.45) is 1.01. The molecule has 1 aromatic carbocycles. The molecule has 0 atom stereocenters. The summed E-state index contributed by atoms with van der Waals surface area (Å²) in [5.74, 6) is 0.828. The van der Waals surface area contributed by atoms with Crippen LogP contribution in [0.3, 0.4) is 0 Å². The molecule has 1 aromatic rings. The van der Waals surface area contributed by atoms with Gasteiger partial charge in [-0.25, -0.2) is 0 Å². The first-order valence-electron chi connectivity index (χ1n) is 4.19. The minimum absolute atomic E-state index is 0.773. The number of aryl methyl sites for hydroxylation is 1. The highest BCUT2D eigenvalue weighted by Crippen LogP contribution is 2.27. The van der Waals surface area contributed by atoms with Crippen LogP contribution in [0.1, 0.15) is 16.7 Å². The highest BCUT2D eigenvalue weighted by atomic mass is 16.5. The number of benzene rings is 1. The van der Waals surface area contributed by atoms with Crippen LogP contribution >= 0.6 is 0 Å². The average molecular weight is 160 g/mol. The van der Waals surface area contributed by atoms with E-state index in [1.165, 1.54) is 16.7 Å². The van der Waals surface area contributed by atoms with Crippen molar-refractivity contribution >= 4 is 5.76 Å². The Bertz CT molecular complexity index is 326. The summed E-state index contributed by atoms with van der Waals surface area (Å²) in [6, 6.07) is 6.33. The highest BCUT2D eigenvalue weighted by Gasteiger charge is 2.14. The van der Waals surface area contributed by atoms with E-state index in [1.54, 1.807) is 0 Å². The van der Waals surface area contributed by atoms with E-state index in [9.17, 15) is 0 Å². The number of ether oxygens (including phenoxy) is 1. The second-order valence-corrected chi connectivity index (χ2v) is 3.13. The second-order valence-electron chi connectivity index (χ2n) is 3.13. The van der Waals surface area contributed by atoms with Gasteiger partial charge in [0.05, 0.1) is 6.61 Å². The fourth-order valence-electron chi connectivity index (χ4n) is 1.69. The molecule has 1 aliphatic rings. The SMILES string of the molecule is C=C1OCCc2cccc(C)c21. The lowest BCUT2D eigenvalue weighted by molar-refractivity contribution is 0.271. The Labute approximate surface area is 72.7 Å². The Balaban J connectivity index is 2.60. The molecule has 0 fully saturated rings. The molecule has 0 aromatic heterocycles. The average Bonchev–Trinajstić information content (AvgIpc) is 2.04. The van der Waals surface area contributed by atoms with E-state index in [0.29, 0.717) is 0 Å². The third-order valence-corrected chi connectivity index (χ3v) is 2.29. The van der Waals surface area contributed by atoms with Crippen molar-refractivity contribution in [1.82, 2.24) is 0 Å². The smallest absolute Gasteiger partial charge is 0.119 e. The fraction of sp³-hybridized carbons (Fsp3) is 0.273. The van der Waals surface area contributed by atoms with Gasteiger partial charge >= 0.3 is 0 Å². The number of hydrogen-bond donors (Lipinski definition) is 0. The molecule has 1 aliphatic heterocycles. The van der Waals surface area contributed by atoms with Crippen LogP contribution in [0.2, 0.25) is 0 Å². The van der Waals surface area contributed by atoms with Gasteiger partial charge in [-0.05, 0) is 18.1 Å². The molecule has 0 spiro atoms. The van der Waals surface area contributed by atoms with E-state index in [4.69, 9.17) is 4.74 Å². The zero-order valence-corrected chi connectivity index (χ0v) is 7.26. The maximum Gasteiger partial charge on any atom is 0.119 e. The third-order valence-electron chi connectivity index (χ3n) is 2.29. The molecule has 0 aliphatic carbocycles. The molecule has 1 heteroatoms. The quantitative estimate of drug-likeness (QED) is 0.566. The van der Waals surface area contributed by atoms with Gasteiger partial charge in [0, 0.05) is 12.0 Å². The molecule has 0 bridgehead atoms. The van der Waals surface area contributed by atoms with Crippen LogP contribution in [-0.2, 0) is 11.2 Å². The van der Waals surface area contributed by atoms with Crippen molar-refractivity contribution < 1.29 is 4.74 Å². The monoisotopic (exact) mass is 160 g/mol. The van der Waals surface area contributed by atoms with Crippen LogP contribution in [-0.4, -0.2) is 6.61 Å². The van der Waals surface area contributed by atoms with Crippen molar-refractivity contribution in [3.05, 3.63) is 41.5 Å². The van der Waals surface area contributed by atoms with Crippen LogP contribution in [0.5, 0.6) is 0 Å². The maximum absolute atomic E-state index is 5.39. The van der Waals surface area contributed by atoms with Crippen molar-refractivity contribution in [2.45, 2.75) is 13.3 Å². The van der Waals surface area contributed by atoms with Crippen LogP contribution in [0.4, 0.5) is 0 Å². The van der Waals surface area contributed by atoms with Gasteiger partial charge in [-0.15, -0.1) is 0 Å². The van der Waals surface area contributed by atoms with E-state index >= 15 is 0 Å². The van der Waals surface area contributed by atoms with Gasteiger partial charge < -0.3 is 4.74 Å². The fourth-order valence-corrected chi connectivity index (χ4v) is 1.69. The topological polar surface area (TPSA) is 9.23 Å². The van der Waals surface area contributed by atoms with Crippen molar-refractivity contribution in [3.63, 3.8) is 0 Å². The number of hydrogen-bond acceptors (Lipinski definition) is 1. The lowest BCUT2D eigenvalue weighted by Gasteiger charge is -2.20. The Morgan fingerprint density at radius 3 is 3.00 bits per heavy atom. The van der Waals surface area contributed by atoms with Gasteiger partial charge in [-0.1, -0.05) is 24.8 Å². The zero-order valence-electron chi connectivity index (χ0n) is 7.26. The standard InChI is InChI=1S/C11H12O/c1-8-4-3-5-10-6-7-12-9(2)11(8)10/h3-5H,2,6-7H2,1H3. The first kappa shape index (κ1) is 7.41. The Morgan fingerprint density at radius 2 is 2.25 bits per heavy atom. The number of rotatable bonds is 0. The maximum atomic E-state index is 5.39. The van der Waals surface area contributed by atoms with E-state index in [1.807, 2.05) is 0 Å². The second kappa shape index (κ2) is 2.67. The summed E-state index contributed by atoms with van der Waals surface area (Å²) in [6.45, 7) is 6.76. The van der Waals surface area contributed by atoms with E-state index < -0.39 is 0 Å². The van der Waals surface area contributed by atoms with Crippen molar-refractivity contribution in [2.75, 3.05) is 6.61 Å². The summed E-state index contributed by atoms with van der Waals surface area (Å²) in [5.41, 5.74) is 3.84. The van der Waals surface area contributed by atoms with Crippen LogP contribution in [0.15, 0.2) is 24.8 Å². The molecule has 0 saturated carbocycles. The van der Waals surface area contributed by atoms with E-state index in [2.05, 4.69) is 31.7 Å². The molecule has 12 heavy (non-hydrogen) atoms. The first-order chi connectivity index (χ1) is 5.79. The molecule has 0 saturated heterocycles. The minimum atomic E-state index is 0.773. The molecular weight excluding hydrogens is 148 g/mol. The molecule has 62 valence electrons. The molecule has 0 unspecified atom stereocenters. The lowest BCUT2D eigenvalue weighted by Crippen LogP contribution is -2.09. The van der Waals surface area contributed by atoms with Gasteiger partial charge in [0.25, 0.3) is 0 Å². The summed E-state index contributed by atoms with van der Waals surface area (Å²) in [7, 11) is 0. The van der Waals surface area contributed by atoms with Crippen molar-refractivity contribution in [2.24, 2.45) is 0 Å². The van der Waals surface area contributed by atoms with Gasteiger partial charge in [-0.2, -0.15) is 0 Å². The van der Waals surface area contributed by atoms with Crippen LogP contribution in [0.25, 0.3) is 5.76 Å². The molecular formula is C11H12O. The molecule has 2 rings (SSSR count). The minimum Gasteiger partial charge on any atom is -0.493 e. The third kappa shape index (κ3) is 1.02. The van der Waals surface area contributed by atoms with Crippen molar-refractivity contribution in [1.29, 1.82) is 0 Å². The van der Waals surface area contributed by atoms with E-state index in [0.717, 1.165) is 18.8 Å². The summed E-state index contributed by atoms with van der Waals surface area (Å²) >= 11 is 0. The zero-order chi connectivity index (χ0) is 8.55. The van der Waals surface area contributed by atoms with E-state index in [-0.39, 0.29) is 0 Å². The molecule has 0 N–H and O–H groups in total. The normalized spacial score (nSPS) is 15.2. The van der Waals surface area contributed by atoms with Crippen LogP contribution in [0, 0.1) is 6.92 Å². The Kier molecular flexibility index (Phi) is 1.65. The van der Waals surface area contributed by atoms with Gasteiger partial charge in [0.2, 0.25) is 0 Å². The summed E-state index contributed by atoms with van der Waals surface area (Å²) in [5, 5.41) is 0. The van der Waals surface area contributed by atoms with Crippen molar-refractivity contribution in [3.8, 4) is 0 Å². The van der Waals surface area contributed by atoms with Gasteiger partial charge in [-0.3, -0.25) is 0 Å². The molecule has 1 nitrogen and oxygen atoms in total. The number of fused-ring (bicyclic) bond motifs is 1. The Morgan fingerprint density at radius 1 is 1.42 bits per heavy atom. The summed E-state index contributed by atoms with van der Waals surface area (Å²) in [4.78, 5) is 0. The molecule has 1 heterocycles. The first-order valence-corrected chi connectivity index (χ1v) is 4.19. The summed E-state index contributed by atoms with van der Waals surface area (Å²) < 4.78 is 5.39. The molecule has 0 radical (unpaired) electrons.